The highest BCUT2D eigenvalue weighted by Gasteiger charge is 2.37. The Bertz CT molecular complexity index is 1590. The molecule has 3 aliphatic carbocycles. The minimum atomic E-state index is -3.99. The Morgan fingerprint density at radius 3 is 2.44 bits per heavy atom. The first kappa shape index (κ1) is 31.7. The van der Waals surface area contributed by atoms with Crippen LogP contribution in [0.2, 0.25) is 0 Å². The number of carbonyl (C=O) groups excluding carboxylic acids is 1. The molecule has 3 saturated carbocycles. The van der Waals surface area contributed by atoms with E-state index in [4.69, 9.17) is 14.1 Å². The summed E-state index contributed by atoms with van der Waals surface area (Å²) in [6.07, 6.45) is 13.7. The van der Waals surface area contributed by atoms with Gasteiger partial charge in [-0.3, -0.25) is 14.8 Å². The molecular formula is C34H45N5O5S. The lowest BCUT2D eigenvalue weighted by Crippen LogP contribution is -2.45. The summed E-state index contributed by atoms with van der Waals surface area (Å²) in [7, 11) is -0.718. The number of sulfonamides is 1. The Morgan fingerprint density at radius 1 is 1.02 bits per heavy atom. The molecule has 3 fully saturated rings. The zero-order chi connectivity index (χ0) is 31.6. The van der Waals surface area contributed by atoms with Crippen molar-refractivity contribution in [3.05, 3.63) is 59.7 Å². The SMILES string of the molecule is COc1ccc(C2CCC(CN(C)S(=O)(=O)C(NC(=O)C3CCCCC3)c3cc(-c4coc(C5CC5)n4)ccn3)CC2)nc1C. The van der Waals surface area contributed by atoms with Gasteiger partial charge in [-0.2, -0.15) is 0 Å². The lowest BCUT2D eigenvalue weighted by Gasteiger charge is -2.33. The van der Waals surface area contributed by atoms with Crippen molar-refractivity contribution in [1.82, 2.24) is 24.6 Å². The Kier molecular flexibility index (Phi) is 9.56. The number of ether oxygens (including phenoxy) is 1. The number of aryl methyl sites for hydroxylation is 1. The van der Waals surface area contributed by atoms with Crippen molar-refractivity contribution in [1.29, 1.82) is 0 Å². The molecule has 0 bridgehead atoms. The van der Waals surface area contributed by atoms with Gasteiger partial charge in [-0.15, -0.1) is 0 Å². The summed E-state index contributed by atoms with van der Waals surface area (Å²) < 4.78 is 41.0. The first-order chi connectivity index (χ1) is 21.7. The van der Waals surface area contributed by atoms with Gasteiger partial charge in [0.25, 0.3) is 0 Å². The van der Waals surface area contributed by atoms with Gasteiger partial charge >= 0.3 is 0 Å². The first-order valence-corrected chi connectivity index (χ1v) is 17.9. The van der Waals surface area contributed by atoms with Crippen molar-refractivity contribution in [3.8, 4) is 17.0 Å². The zero-order valence-electron chi connectivity index (χ0n) is 26.6. The Balaban J connectivity index is 1.18. The second-order valence-corrected chi connectivity index (χ2v) is 15.2. The predicted octanol–water partition coefficient (Wildman–Crippen LogP) is 6.26. The highest BCUT2D eigenvalue weighted by molar-refractivity contribution is 7.89. The molecule has 3 aromatic rings. The van der Waals surface area contributed by atoms with Crippen LogP contribution < -0.4 is 10.1 Å². The third-order valence-electron chi connectivity index (χ3n) is 9.83. The Hall–Kier alpha value is -3.31. The molecule has 11 heteroatoms. The number of pyridine rings is 2. The van der Waals surface area contributed by atoms with Gasteiger partial charge in [-0.1, -0.05) is 19.3 Å². The van der Waals surface area contributed by atoms with Crippen LogP contribution in [-0.4, -0.2) is 54.3 Å². The number of hydrogen-bond acceptors (Lipinski definition) is 8. The van der Waals surface area contributed by atoms with Crippen molar-refractivity contribution in [2.24, 2.45) is 11.8 Å². The number of rotatable bonds is 11. The predicted molar refractivity (Wildman–Crippen MR) is 171 cm³/mol. The lowest BCUT2D eigenvalue weighted by molar-refractivity contribution is -0.126. The summed E-state index contributed by atoms with van der Waals surface area (Å²) in [4.78, 5) is 27.3. The van der Waals surface area contributed by atoms with Gasteiger partial charge in [0.1, 0.15) is 17.7 Å². The van der Waals surface area contributed by atoms with Crippen LogP contribution in [0.5, 0.6) is 5.75 Å². The van der Waals surface area contributed by atoms with E-state index in [9.17, 15) is 13.2 Å². The van der Waals surface area contributed by atoms with Gasteiger partial charge in [-0.25, -0.2) is 17.7 Å². The first-order valence-electron chi connectivity index (χ1n) is 16.4. The Labute approximate surface area is 266 Å². The van der Waals surface area contributed by atoms with Crippen LogP contribution >= 0.6 is 0 Å². The molecule has 3 aliphatic rings. The van der Waals surface area contributed by atoms with Crippen molar-refractivity contribution >= 4 is 15.9 Å². The van der Waals surface area contributed by atoms with Crippen molar-refractivity contribution in [2.75, 3.05) is 20.7 Å². The number of nitrogens with zero attached hydrogens (tertiary/aromatic N) is 4. The minimum absolute atomic E-state index is 0.188. The third kappa shape index (κ3) is 7.25. The van der Waals surface area contributed by atoms with Crippen molar-refractivity contribution in [3.63, 3.8) is 0 Å². The standard InChI is InChI=1S/C34H45N5O5S/c1-22-31(43-3)16-15-28(36-22)24-11-9-23(10-12-24)20-39(2)45(41,42)34(38-32(40)25-7-5-4-6-8-25)29-19-27(17-18-35-29)30-21-44-33(37-30)26-13-14-26/h15-19,21,23-26,34H,4-14,20H2,1-3H3,(H,38,40). The second-order valence-electron chi connectivity index (χ2n) is 13.1. The molecule has 0 aromatic carbocycles. The largest absolute Gasteiger partial charge is 0.495 e. The summed E-state index contributed by atoms with van der Waals surface area (Å²) in [5.74, 6) is 2.02. The lowest BCUT2D eigenvalue weighted by atomic mass is 9.80. The van der Waals surface area contributed by atoms with Gasteiger partial charge in [0.05, 0.1) is 18.5 Å². The molecule has 0 spiro atoms. The number of carbonyl (C=O) groups is 1. The van der Waals surface area contributed by atoms with Gasteiger partial charge in [-0.05, 0) is 88.5 Å². The molecule has 10 nitrogen and oxygen atoms in total. The summed E-state index contributed by atoms with van der Waals surface area (Å²) in [5.41, 5.74) is 3.59. The van der Waals surface area contributed by atoms with Crippen LogP contribution in [0.15, 0.2) is 41.1 Å². The maximum atomic E-state index is 14.3. The van der Waals surface area contributed by atoms with E-state index in [0.29, 0.717) is 35.5 Å². The quantitative estimate of drug-likeness (QED) is 0.262. The molecule has 3 heterocycles. The maximum absolute atomic E-state index is 14.3. The van der Waals surface area contributed by atoms with E-state index in [1.165, 1.54) is 4.31 Å². The highest BCUT2D eigenvalue weighted by atomic mass is 32.2. The number of amides is 1. The van der Waals surface area contributed by atoms with Gasteiger partial charge in [0, 0.05) is 48.8 Å². The fourth-order valence-electron chi connectivity index (χ4n) is 6.90. The van der Waals surface area contributed by atoms with Crippen LogP contribution in [-0.2, 0) is 14.8 Å². The average molecular weight is 636 g/mol. The van der Waals surface area contributed by atoms with E-state index in [2.05, 4.69) is 15.3 Å². The molecule has 1 unspecified atom stereocenters. The fourth-order valence-corrected chi connectivity index (χ4v) is 8.38. The zero-order valence-corrected chi connectivity index (χ0v) is 27.4. The fraction of sp³-hybridized carbons (Fsp3) is 0.588. The van der Waals surface area contributed by atoms with Crippen LogP contribution in [0.1, 0.15) is 111 Å². The van der Waals surface area contributed by atoms with Crippen LogP contribution in [0.3, 0.4) is 0 Å². The van der Waals surface area contributed by atoms with Gasteiger partial charge in [0.15, 0.2) is 11.3 Å². The molecular weight excluding hydrogens is 590 g/mol. The summed E-state index contributed by atoms with van der Waals surface area (Å²) in [6.45, 7) is 2.34. The van der Waals surface area contributed by atoms with Crippen molar-refractivity contribution in [2.45, 2.75) is 94.8 Å². The minimum Gasteiger partial charge on any atom is -0.495 e. The molecule has 0 saturated heterocycles. The Morgan fingerprint density at radius 2 is 1.76 bits per heavy atom. The molecule has 3 aromatic heterocycles. The molecule has 1 N–H and O–H groups in total. The maximum Gasteiger partial charge on any atom is 0.240 e. The van der Waals surface area contributed by atoms with Crippen LogP contribution in [0.25, 0.3) is 11.3 Å². The number of oxazole rings is 1. The second kappa shape index (κ2) is 13.6. The molecule has 0 radical (unpaired) electrons. The van der Waals surface area contributed by atoms with Crippen LogP contribution in [0, 0.1) is 18.8 Å². The van der Waals surface area contributed by atoms with Gasteiger partial charge in [0.2, 0.25) is 15.9 Å². The van der Waals surface area contributed by atoms with E-state index < -0.39 is 15.4 Å². The summed E-state index contributed by atoms with van der Waals surface area (Å²) >= 11 is 0. The third-order valence-corrected chi connectivity index (χ3v) is 11.8. The van der Waals surface area contributed by atoms with E-state index in [1.54, 1.807) is 38.8 Å². The molecule has 0 aliphatic heterocycles. The smallest absolute Gasteiger partial charge is 0.240 e. The van der Waals surface area contributed by atoms with E-state index in [1.807, 2.05) is 19.1 Å². The molecule has 242 valence electrons. The van der Waals surface area contributed by atoms with E-state index in [-0.39, 0.29) is 23.4 Å². The topological polar surface area (TPSA) is 128 Å². The molecule has 1 amide bonds. The van der Waals surface area contributed by atoms with Crippen molar-refractivity contribution < 1.29 is 22.4 Å². The van der Waals surface area contributed by atoms with Gasteiger partial charge < -0.3 is 14.5 Å². The number of methoxy groups -OCH3 is 1. The number of nitrogens with one attached hydrogen (secondary N) is 1. The summed E-state index contributed by atoms with van der Waals surface area (Å²) in [6, 6.07) is 7.54. The molecule has 45 heavy (non-hydrogen) atoms. The normalized spacial score (nSPS) is 21.9. The molecule has 6 rings (SSSR count). The van der Waals surface area contributed by atoms with E-state index in [0.717, 1.165) is 87.8 Å². The number of aromatic nitrogens is 3. The highest BCUT2D eigenvalue weighted by Crippen LogP contribution is 2.41. The number of hydrogen-bond donors (Lipinski definition) is 1. The average Bonchev–Trinajstić information content (AvgIpc) is 3.80. The van der Waals surface area contributed by atoms with Crippen LogP contribution in [0.4, 0.5) is 0 Å². The van der Waals surface area contributed by atoms with E-state index >= 15 is 0 Å². The monoisotopic (exact) mass is 635 g/mol. The summed E-state index contributed by atoms with van der Waals surface area (Å²) in [5, 5.41) is 1.63. The molecule has 1 atom stereocenters.